The van der Waals surface area contributed by atoms with Gasteiger partial charge in [0.1, 0.15) is 0 Å². The Bertz CT molecular complexity index is 135. The van der Waals surface area contributed by atoms with Gasteiger partial charge in [-0.3, -0.25) is 4.57 Å². The summed E-state index contributed by atoms with van der Waals surface area (Å²) in [7, 11) is -4.74. The molecule has 0 aliphatic rings. The number of rotatable bonds is 2. The summed E-state index contributed by atoms with van der Waals surface area (Å²) >= 11 is 0. The predicted molar refractivity (Wildman–Crippen MR) is 35.5 cm³/mol. The topological polar surface area (TPSA) is 54.4 Å². The van der Waals surface area contributed by atoms with Crippen molar-refractivity contribution in [1.82, 2.24) is 0 Å². The van der Waals surface area contributed by atoms with E-state index in [0.717, 1.165) is 0 Å². The lowest BCUT2D eigenvalue weighted by molar-refractivity contribution is 0.506. The van der Waals surface area contributed by atoms with E-state index >= 15 is 0 Å². The van der Waals surface area contributed by atoms with Crippen molar-refractivity contribution in [3.05, 3.63) is 0 Å². The van der Waals surface area contributed by atoms with Gasteiger partial charge in [0.2, 0.25) is 0 Å². The van der Waals surface area contributed by atoms with Crippen LogP contribution < -0.4 is 0 Å². The molecule has 0 aromatic heterocycles. The van der Waals surface area contributed by atoms with Gasteiger partial charge in [0.05, 0.1) is 13.0 Å². The second-order valence-electron chi connectivity index (χ2n) is 2.13. The van der Waals surface area contributed by atoms with Crippen LogP contribution >= 0.6 is 15.2 Å². The van der Waals surface area contributed by atoms with Crippen LogP contribution in [0.2, 0.25) is 0 Å². The van der Waals surface area contributed by atoms with Crippen LogP contribution in [0, 0.1) is 0 Å². The Morgan fingerprint density at radius 1 is 1.62 bits per heavy atom. The molecule has 3 nitrogen and oxygen atoms in total. The molecular formula is C3H10O3P2. The molecule has 0 saturated heterocycles. The summed E-state index contributed by atoms with van der Waals surface area (Å²) in [4.78, 5) is 8.26. The van der Waals surface area contributed by atoms with E-state index in [1.54, 1.807) is 0 Å². The summed E-state index contributed by atoms with van der Waals surface area (Å²) in [6.45, 7) is 3.01. The molecule has 0 spiro atoms. The number of hydrogen-bond donors (Lipinski definition) is 1. The molecule has 0 aromatic carbocycles. The first-order valence-corrected chi connectivity index (χ1v) is 6.52. The highest BCUT2D eigenvalue weighted by Crippen LogP contribution is 2.43. The Kier molecular flexibility index (Phi) is 2.96. The molecule has 0 heterocycles. The largest absolute Gasteiger partial charge is 0.346 e. The maximum atomic E-state index is 10.7. The second kappa shape index (κ2) is 2.82. The molecule has 5 heteroatoms. The van der Waals surface area contributed by atoms with Gasteiger partial charge >= 0.3 is 0 Å². The fraction of sp³-hybridized carbons (Fsp3) is 1.00. The van der Waals surface area contributed by atoms with Crippen LogP contribution in [0.15, 0.2) is 0 Å². The second-order valence-corrected chi connectivity index (χ2v) is 7.33. The van der Waals surface area contributed by atoms with E-state index in [4.69, 9.17) is 4.89 Å². The average Bonchev–Trinajstić information content (AvgIpc) is 1.21. The zero-order valence-corrected chi connectivity index (χ0v) is 6.81. The normalized spacial score (nSPS) is 15.9. The molecule has 0 rings (SSSR count). The van der Waals surface area contributed by atoms with Gasteiger partial charge in [0, 0.05) is 0 Å². The molecule has 0 amide bonds. The minimum absolute atomic E-state index is 0.0162. The summed E-state index contributed by atoms with van der Waals surface area (Å²) in [6, 6.07) is 0. The van der Waals surface area contributed by atoms with E-state index in [9.17, 15) is 9.13 Å². The van der Waals surface area contributed by atoms with E-state index in [-0.39, 0.29) is 5.90 Å². The average molecular weight is 156 g/mol. The highest BCUT2D eigenvalue weighted by atomic mass is 31.2. The van der Waals surface area contributed by atoms with Crippen molar-refractivity contribution in [1.29, 1.82) is 0 Å². The van der Waals surface area contributed by atoms with Crippen molar-refractivity contribution in [3.8, 4) is 0 Å². The lowest BCUT2D eigenvalue weighted by atomic mass is 11.8. The van der Waals surface area contributed by atoms with Crippen molar-refractivity contribution >= 4 is 15.2 Å². The standard InChI is InChI=1S/C3H10O3P2/c1-8(2,6)3-7(4)5/h7H,3H2,1-2H3,(H,4,5). The Hall–Kier alpha value is 0.420. The molecule has 1 N–H and O–H groups in total. The third-order valence-electron chi connectivity index (χ3n) is 0.516. The third kappa shape index (κ3) is 6.42. The first-order chi connectivity index (χ1) is 3.42. The lowest BCUT2D eigenvalue weighted by Gasteiger charge is -1.99. The van der Waals surface area contributed by atoms with Gasteiger partial charge in [0.15, 0.2) is 8.03 Å². The van der Waals surface area contributed by atoms with Crippen LogP contribution in [-0.4, -0.2) is 24.1 Å². The summed E-state index contributed by atoms with van der Waals surface area (Å²) in [5.41, 5.74) is 0. The molecule has 0 aliphatic heterocycles. The monoisotopic (exact) mass is 156 g/mol. The molecule has 0 saturated carbocycles. The maximum Gasteiger partial charge on any atom is 0.196 e. The highest BCUT2D eigenvalue weighted by molar-refractivity contribution is 7.71. The first kappa shape index (κ1) is 8.42. The first-order valence-electron chi connectivity index (χ1n) is 2.17. The quantitative estimate of drug-likeness (QED) is 0.607. The van der Waals surface area contributed by atoms with Crippen LogP contribution in [0.1, 0.15) is 0 Å². The van der Waals surface area contributed by atoms with E-state index in [1.165, 1.54) is 13.3 Å². The van der Waals surface area contributed by atoms with E-state index < -0.39 is 15.2 Å². The van der Waals surface area contributed by atoms with Crippen LogP contribution in [0.3, 0.4) is 0 Å². The van der Waals surface area contributed by atoms with Gasteiger partial charge in [-0.15, -0.1) is 0 Å². The van der Waals surface area contributed by atoms with Crippen molar-refractivity contribution in [2.24, 2.45) is 0 Å². The minimum Gasteiger partial charge on any atom is -0.346 e. The van der Waals surface area contributed by atoms with Gasteiger partial charge < -0.3 is 9.46 Å². The fourth-order valence-electron chi connectivity index (χ4n) is 0.326. The summed E-state index contributed by atoms with van der Waals surface area (Å²) < 4.78 is 20.7. The maximum absolute atomic E-state index is 10.7. The minimum atomic E-state index is -2.51. The van der Waals surface area contributed by atoms with E-state index in [2.05, 4.69) is 0 Å². The Labute approximate surface area is 49.3 Å². The zero-order chi connectivity index (χ0) is 6.78. The lowest BCUT2D eigenvalue weighted by Crippen LogP contribution is -1.76. The molecule has 8 heavy (non-hydrogen) atoms. The third-order valence-corrected chi connectivity index (χ3v) is 4.64. The van der Waals surface area contributed by atoms with Crippen LogP contribution in [0.4, 0.5) is 0 Å². The van der Waals surface area contributed by atoms with Gasteiger partial charge in [-0.1, -0.05) is 0 Å². The Morgan fingerprint density at radius 2 is 2.00 bits per heavy atom. The highest BCUT2D eigenvalue weighted by Gasteiger charge is 2.08. The molecule has 0 bridgehead atoms. The summed E-state index contributed by atoms with van der Waals surface area (Å²) in [5, 5.41) is 0. The molecule has 0 aliphatic carbocycles. The van der Waals surface area contributed by atoms with Crippen molar-refractivity contribution in [3.63, 3.8) is 0 Å². The van der Waals surface area contributed by atoms with Crippen molar-refractivity contribution in [2.45, 2.75) is 0 Å². The van der Waals surface area contributed by atoms with Gasteiger partial charge in [-0.2, -0.15) is 0 Å². The van der Waals surface area contributed by atoms with Gasteiger partial charge in [-0.05, 0) is 13.3 Å². The van der Waals surface area contributed by atoms with Crippen molar-refractivity contribution in [2.75, 3.05) is 19.2 Å². The van der Waals surface area contributed by atoms with Crippen molar-refractivity contribution < 1.29 is 14.0 Å². The van der Waals surface area contributed by atoms with Crippen LogP contribution in [-0.2, 0) is 9.13 Å². The predicted octanol–water partition coefficient (Wildman–Crippen LogP) is 1.03. The molecule has 0 aromatic rings. The SMILES string of the molecule is CP(C)(=O)C[PH](=O)O. The van der Waals surface area contributed by atoms with E-state index in [1.807, 2.05) is 0 Å². The molecule has 0 radical (unpaired) electrons. The smallest absolute Gasteiger partial charge is 0.196 e. The fourth-order valence-corrected chi connectivity index (χ4v) is 2.93. The molecular weight excluding hydrogens is 146 g/mol. The van der Waals surface area contributed by atoms with E-state index in [0.29, 0.717) is 0 Å². The Balaban J connectivity index is 3.74. The van der Waals surface area contributed by atoms with Crippen LogP contribution in [0.5, 0.6) is 0 Å². The van der Waals surface area contributed by atoms with Gasteiger partial charge in [-0.25, -0.2) is 0 Å². The Morgan fingerprint density at radius 3 is 2.00 bits per heavy atom. The summed E-state index contributed by atoms with van der Waals surface area (Å²) in [6.07, 6.45) is 0. The van der Waals surface area contributed by atoms with Gasteiger partial charge in [0.25, 0.3) is 0 Å². The molecule has 0 fully saturated rings. The number of hydrogen-bond acceptors (Lipinski definition) is 2. The zero-order valence-electron chi connectivity index (χ0n) is 4.92. The molecule has 50 valence electrons. The van der Waals surface area contributed by atoms with Crippen LogP contribution in [0.25, 0.3) is 0 Å². The summed E-state index contributed by atoms with van der Waals surface area (Å²) in [5.74, 6) is -0.0162. The molecule has 1 unspecified atom stereocenters. The molecule has 1 atom stereocenters.